The lowest BCUT2D eigenvalue weighted by atomic mass is 9.75. The van der Waals surface area contributed by atoms with E-state index in [0.29, 0.717) is 17.4 Å². The van der Waals surface area contributed by atoms with Crippen molar-refractivity contribution < 1.29 is 0 Å². The van der Waals surface area contributed by atoms with E-state index in [1.807, 2.05) is 18.2 Å². The van der Waals surface area contributed by atoms with E-state index in [0.717, 1.165) is 22.5 Å². The fourth-order valence-electron chi connectivity index (χ4n) is 3.35. The highest BCUT2D eigenvalue weighted by molar-refractivity contribution is 6.31. The van der Waals surface area contributed by atoms with Gasteiger partial charge in [0.25, 0.3) is 0 Å². The Morgan fingerprint density at radius 1 is 1.42 bits per heavy atom. The van der Waals surface area contributed by atoms with Crippen LogP contribution >= 0.6 is 11.6 Å². The fourth-order valence-corrected chi connectivity index (χ4v) is 3.51. The van der Waals surface area contributed by atoms with Crippen LogP contribution in [0.4, 0.5) is 5.95 Å². The lowest BCUT2D eigenvalue weighted by molar-refractivity contribution is 0.187. The zero-order valence-corrected chi connectivity index (χ0v) is 12.2. The van der Waals surface area contributed by atoms with Gasteiger partial charge in [0.05, 0.1) is 11.0 Å². The normalized spacial score (nSPS) is 22.8. The predicted octanol–water partition coefficient (Wildman–Crippen LogP) is 4.41. The van der Waals surface area contributed by atoms with Gasteiger partial charge in [0, 0.05) is 11.1 Å². The molecule has 3 rings (SSSR count). The van der Waals surface area contributed by atoms with E-state index >= 15 is 0 Å². The molecule has 1 atom stereocenters. The van der Waals surface area contributed by atoms with Crippen LogP contribution in [0, 0.1) is 5.41 Å². The van der Waals surface area contributed by atoms with E-state index in [1.165, 1.54) is 19.3 Å². The SMILES string of the molecule is CC1(C)CCCC(n2c(N)nc3ccc(Cl)cc32)C1. The number of nitrogens with two attached hydrogens (primary N) is 1. The summed E-state index contributed by atoms with van der Waals surface area (Å²) in [4.78, 5) is 4.46. The number of nitrogens with zero attached hydrogens (tertiary/aromatic N) is 2. The molecular formula is C15H20ClN3. The van der Waals surface area contributed by atoms with Gasteiger partial charge in [0.2, 0.25) is 5.95 Å². The third-order valence-corrected chi connectivity index (χ3v) is 4.46. The van der Waals surface area contributed by atoms with E-state index in [2.05, 4.69) is 23.4 Å². The highest BCUT2D eigenvalue weighted by atomic mass is 35.5. The van der Waals surface area contributed by atoms with Gasteiger partial charge in [0.15, 0.2) is 0 Å². The van der Waals surface area contributed by atoms with Crippen LogP contribution in [0.2, 0.25) is 5.02 Å². The third-order valence-electron chi connectivity index (χ3n) is 4.22. The Morgan fingerprint density at radius 2 is 2.21 bits per heavy atom. The molecular weight excluding hydrogens is 258 g/mol. The van der Waals surface area contributed by atoms with Gasteiger partial charge >= 0.3 is 0 Å². The van der Waals surface area contributed by atoms with Gasteiger partial charge in [-0.1, -0.05) is 31.9 Å². The Labute approximate surface area is 118 Å². The molecule has 1 aromatic carbocycles. The van der Waals surface area contributed by atoms with Crippen LogP contribution in [-0.2, 0) is 0 Å². The summed E-state index contributed by atoms with van der Waals surface area (Å²) in [6.07, 6.45) is 4.86. The first-order valence-corrected chi connectivity index (χ1v) is 7.27. The Morgan fingerprint density at radius 3 is 2.95 bits per heavy atom. The van der Waals surface area contributed by atoms with Crippen LogP contribution in [0.25, 0.3) is 11.0 Å². The van der Waals surface area contributed by atoms with E-state index < -0.39 is 0 Å². The van der Waals surface area contributed by atoms with Gasteiger partial charge in [-0.3, -0.25) is 0 Å². The minimum absolute atomic E-state index is 0.379. The van der Waals surface area contributed by atoms with Crippen molar-refractivity contribution in [2.75, 3.05) is 5.73 Å². The van der Waals surface area contributed by atoms with Crippen molar-refractivity contribution in [3.8, 4) is 0 Å². The molecule has 102 valence electrons. The summed E-state index contributed by atoms with van der Waals surface area (Å²) in [5.41, 5.74) is 8.51. The predicted molar refractivity (Wildman–Crippen MR) is 80.4 cm³/mol. The number of halogens is 1. The maximum atomic E-state index is 6.13. The molecule has 2 aromatic rings. The van der Waals surface area contributed by atoms with Gasteiger partial charge in [-0.25, -0.2) is 4.98 Å². The molecule has 3 nitrogen and oxygen atoms in total. The molecule has 1 unspecified atom stereocenters. The molecule has 19 heavy (non-hydrogen) atoms. The van der Waals surface area contributed by atoms with E-state index in [-0.39, 0.29) is 0 Å². The molecule has 0 saturated heterocycles. The van der Waals surface area contributed by atoms with Crippen molar-refractivity contribution in [3.63, 3.8) is 0 Å². The first-order valence-electron chi connectivity index (χ1n) is 6.89. The molecule has 1 heterocycles. The van der Waals surface area contributed by atoms with Gasteiger partial charge in [-0.2, -0.15) is 0 Å². The first-order chi connectivity index (χ1) is 8.96. The number of fused-ring (bicyclic) bond motifs is 1. The molecule has 1 saturated carbocycles. The van der Waals surface area contributed by atoms with Crippen LogP contribution in [0.3, 0.4) is 0 Å². The quantitative estimate of drug-likeness (QED) is 0.839. The summed E-state index contributed by atoms with van der Waals surface area (Å²) in [6, 6.07) is 6.22. The minimum Gasteiger partial charge on any atom is -0.369 e. The molecule has 1 aliphatic rings. The monoisotopic (exact) mass is 277 g/mol. The van der Waals surface area contributed by atoms with Crippen molar-refractivity contribution >= 4 is 28.6 Å². The molecule has 4 heteroatoms. The number of rotatable bonds is 1. The first kappa shape index (κ1) is 12.8. The van der Waals surface area contributed by atoms with Gasteiger partial charge in [0.1, 0.15) is 0 Å². The number of aromatic nitrogens is 2. The fraction of sp³-hybridized carbons (Fsp3) is 0.533. The minimum atomic E-state index is 0.379. The van der Waals surface area contributed by atoms with Crippen molar-refractivity contribution in [2.24, 2.45) is 5.41 Å². The van der Waals surface area contributed by atoms with Crippen molar-refractivity contribution in [1.82, 2.24) is 9.55 Å². The zero-order valence-electron chi connectivity index (χ0n) is 11.5. The summed E-state index contributed by atoms with van der Waals surface area (Å²) in [5.74, 6) is 0.611. The molecule has 1 aromatic heterocycles. The Balaban J connectivity index is 2.08. The van der Waals surface area contributed by atoms with Crippen LogP contribution in [0.1, 0.15) is 45.6 Å². The second kappa shape index (κ2) is 4.41. The lowest BCUT2D eigenvalue weighted by Gasteiger charge is -2.36. The van der Waals surface area contributed by atoms with E-state index in [4.69, 9.17) is 17.3 Å². The standard InChI is InChI=1S/C15H20ClN3/c1-15(2)7-3-4-11(9-15)19-13-8-10(16)5-6-12(13)18-14(19)17/h5-6,8,11H,3-4,7,9H2,1-2H3,(H2,17,18). The molecule has 0 aliphatic heterocycles. The summed E-state index contributed by atoms with van der Waals surface area (Å²) >= 11 is 6.11. The number of nitrogen functional groups attached to an aromatic ring is 1. The molecule has 2 N–H and O–H groups in total. The Bertz CT molecular complexity index is 615. The summed E-state index contributed by atoms with van der Waals surface area (Å²) in [7, 11) is 0. The van der Waals surface area contributed by atoms with Gasteiger partial charge in [-0.05, 0) is 42.9 Å². The number of imidazole rings is 1. The Kier molecular flexibility index (Phi) is 2.97. The summed E-state index contributed by atoms with van der Waals surface area (Å²) in [6.45, 7) is 4.67. The summed E-state index contributed by atoms with van der Waals surface area (Å²) < 4.78 is 2.18. The molecule has 0 bridgehead atoms. The second-order valence-electron chi connectivity index (χ2n) is 6.39. The van der Waals surface area contributed by atoms with E-state index in [1.54, 1.807) is 0 Å². The highest BCUT2D eigenvalue weighted by Crippen LogP contribution is 2.43. The third kappa shape index (κ3) is 2.32. The molecule has 0 amide bonds. The van der Waals surface area contributed by atoms with Crippen molar-refractivity contribution in [1.29, 1.82) is 0 Å². The molecule has 0 radical (unpaired) electrons. The average molecular weight is 278 g/mol. The van der Waals surface area contributed by atoms with Crippen LogP contribution in [0.15, 0.2) is 18.2 Å². The Hall–Kier alpha value is -1.22. The van der Waals surface area contributed by atoms with Gasteiger partial charge < -0.3 is 10.3 Å². The van der Waals surface area contributed by atoms with Crippen LogP contribution in [-0.4, -0.2) is 9.55 Å². The lowest BCUT2D eigenvalue weighted by Crippen LogP contribution is -2.25. The van der Waals surface area contributed by atoms with Crippen molar-refractivity contribution in [3.05, 3.63) is 23.2 Å². The largest absolute Gasteiger partial charge is 0.369 e. The number of hydrogen-bond acceptors (Lipinski definition) is 2. The number of hydrogen-bond donors (Lipinski definition) is 1. The molecule has 1 fully saturated rings. The maximum absolute atomic E-state index is 6.13. The zero-order chi connectivity index (χ0) is 13.6. The molecule has 0 spiro atoms. The van der Waals surface area contributed by atoms with Crippen molar-refractivity contribution in [2.45, 2.75) is 45.6 Å². The summed E-state index contributed by atoms with van der Waals surface area (Å²) in [5, 5.41) is 0.740. The number of anilines is 1. The number of benzene rings is 1. The van der Waals surface area contributed by atoms with Crippen LogP contribution in [0.5, 0.6) is 0 Å². The average Bonchev–Trinajstić information content (AvgIpc) is 2.63. The smallest absolute Gasteiger partial charge is 0.201 e. The van der Waals surface area contributed by atoms with Gasteiger partial charge in [-0.15, -0.1) is 0 Å². The maximum Gasteiger partial charge on any atom is 0.201 e. The second-order valence-corrected chi connectivity index (χ2v) is 6.82. The topological polar surface area (TPSA) is 43.8 Å². The highest BCUT2D eigenvalue weighted by Gasteiger charge is 2.30. The van der Waals surface area contributed by atoms with E-state index in [9.17, 15) is 0 Å². The van der Waals surface area contributed by atoms with Crippen LogP contribution < -0.4 is 5.73 Å². The molecule has 1 aliphatic carbocycles.